The van der Waals surface area contributed by atoms with Gasteiger partial charge in [-0.15, -0.1) is 5.10 Å². The minimum atomic E-state index is -1.32. The molecule has 0 saturated carbocycles. The van der Waals surface area contributed by atoms with E-state index in [9.17, 15) is 29.4 Å². The molecule has 2 fully saturated rings. The van der Waals surface area contributed by atoms with Crippen LogP contribution in [0.2, 0.25) is 0 Å². The van der Waals surface area contributed by atoms with E-state index in [1.54, 1.807) is 41.1 Å². The van der Waals surface area contributed by atoms with Gasteiger partial charge in [0, 0.05) is 57.5 Å². The average Bonchev–Trinajstić information content (AvgIpc) is 3.70. The van der Waals surface area contributed by atoms with Gasteiger partial charge in [-0.05, 0) is 58.0 Å². The van der Waals surface area contributed by atoms with E-state index >= 15 is 0 Å². The third-order valence-corrected chi connectivity index (χ3v) is 10.8. The number of aromatic nitrogens is 4. The molecule has 18 nitrogen and oxygen atoms in total. The molecule has 8 unspecified atom stereocenters. The van der Waals surface area contributed by atoms with E-state index in [0.29, 0.717) is 34.3 Å². The van der Waals surface area contributed by atoms with Crippen molar-refractivity contribution in [2.75, 3.05) is 17.7 Å². The van der Waals surface area contributed by atoms with Gasteiger partial charge >= 0.3 is 23.9 Å². The monoisotopic (exact) mass is 879 g/mol. The zero-order valence-electron chi connectivity index (χ0n) is 33.6. The smallest absolute Gasteiger partial charge is 0.303 e. The van der Waals surface area contributed by atoms with Crippen LogP contribution in [0.4, 0.5) is 5.69 Å². The summed E-state index contributed by atoms with van der Waals surface area (Å²) < 4.78 is 42.8. The van der Waals surface area contributed by atoms with Crippen LogP contribution in [0.3, 0.4) is 0 Å². The van der Waals surface area contributed by atoms with Gasteiger partial charge in [-0.1, -0.05) is 60.4 Å². The molecule has 3 heterocycles. The number of carbonyl (C=O) groups is 4. The molecule has 6 rings (SSSR count). The normalized spacial score (nSPS) is 23.6. The van der Waals surface area contributed by atoms with Crippen LogP contribution in [-0.4, -0.2) is 108 Å². The lowest BCUT2D eigenvalue weighted by Gasteiger charge is -2.44. The predicted molar refractivity (Wildman–Crippen MR) is 219 cm³/mol. The molecule has 2 aliphatic heterocycles. The van der Waals surface area contributed by atoms with Crippen molar-refractivity contribution in [3.05, 3.63) is 89.5 Å². The number of ether oxygens (including phenoxy) is 7. The number of thioether (sulfide) groups is 1. The van der Waals surface area contributed by atoms with Crippen molar-refractivity contribution in [3.63, 3.8) is 0 Å². The summed E-state index contributed by atoms with van der Waals surface area (Å²) in [5, 5.41) is 35.3. The summed E-state index contributed by atoms with van der Waals surface area (Å²) >= 11 is 7.18. The molecular weight excluding hydrogens is 835 g/mol. The van der Waals surface area contributed by atoms with Crippen LogP contribution in [0, 0.1) is 0 Å². The number of tetrazole rings is 1. The molecule has 2 aliphatic rings. The Labute approximate surface area is 360 Å². The Morgan fingerprint density at radius 3 is 2.16 bits per heavy atom. The highest BCUT2D eigenvalue weighted by Gasteiger charge is 2.52. The van der Waals surface area contributed by atoms with Crippen molar-refractivity contribution >= 4 is 58.5 Å². The van der Waals surface area contributed by atoms with Gasteiger partial charge in [0.1, 0.15) is 24.6 Å². The van der Waals surface area contributed by atoms with Gasteiger partial charge in [-0.2, -0.15) is 4.68 Å². The number of esters is 4. The highest BCUT2D eigenvalue weighted by Crippen LogP contribution is 2.40. The SMILES string of the molecule is CC(=O)OCC1OC(CC(=S)Nc2cccc(C3OC(CSc4nnnn4-c4ccc(O)cc4)CC(c4ccc(CO)cc4)O3)c2)C(OC(C)=O)C(OC(C)=O)C1OC(C)=O. The Balaban J connectivity index is 1.20. The zero-order chi connectivity index (χ0) is 43.6. The summed E-state index contributed by atoms with van der Waals surface area (Å²) in [7, 11) is 0. The van der Waals surface area contributed by atoms with Crippen LogP contribution in [-0.2, 0) is 58.9 Å². The number of aromatic hydroxyl groups is 1. The van der Waals surface area contributed by atoms with Crippen molar-refractivity contribution < 1.29 is 62.5 Å². The van der Waals surface area contributed by atoms with E-state index in [4.69, 9.17) is 45.4 Å². The molecule has 2 saturated heterocycles. The number of nitrogens with one attached hydrogen (secondary N) is 1. The van der Waals surface area contributed by atoms with Gasteiger partial charge in [-0.3, -0.25) is 19.2 Å². The average molecular weight is 880 g/mol. The second-order valence-electron chi connectivity index (χ2n) is 14.2. The number of anilines is 1. The largest absolute Gasteiger partial charge is 0.508 e. The van der Waals surface area contributed by atoms with E-state index < -0.39 is 60.7 Å². The van der Waals surface area contributed by atoms with Crippen LogP contribution in [0.15, 0.2) is 78.0 Å². The molecule has 61 heavy (non-hydrogen) atoms. The molecule has 324 valence electrons. The molecule has 20 heteroatoms. The highest BCUT2D eigenvalue weighted by atomic mass is 32.2. The highest BCUT2D eigenvalue weighted by molar-refractivity contribution is 7.99. The number of aliphatic hydroxyl groups is 1. The first-order chi connectivity index (χ1) is 29.3. The first-order valence-corrected chi connectivity index (χ1v) is 20.6. The van der Waals surface area contributed by atoms with Crippen molar-refractivity contribution in [2.45, 2.75) is 101 Å². The fourth-order valence-corrected chi connectivity index (χ4v) is 8.05. The summed E-state index contributed by atoms with van der Waals surface area (Å²) in [5.74, 6) is -2.24. The second-order valence-corrected chi connectivity index (χ2v) is 15.6. The molecule has 4 aromatic rings. The molecule has 3 N–H and O–H groups in total. The molecule has 1 aromatic heterocycles. The minimum absolute atomic E-state index is 0.0656. The van der Waals surface area contributed by atoms with Crippen molar-refractivity contribution in [3.8, 4) is 11.4 Å². The zero-order valence-corrected chi connectivity index (χ0v) is 35.2. The summed E-state index contributed by atoms with van der Waals surface area (Å²) in [6, 6.07) is 21.3. The van der Waals surface area contributed by atoms with Crippen molar-refractivity contribution in [2.24, 2.45) is 0 Å². The van der Waals surface area contributed by atoms with Gasteiger partial charge in [0.25, 0.3) is 0 Å². The Kier molecular flexibility index (Phi) is 15.4. The first kappa shape index (κ1) is 45.0. The lowest BCUT2D eigenvalue weighted by molar-refractivity contribution is -0.251. The molecule has 3 aromatic carbocycles. The lowest BCUT2D eigenvalue weighted by Crippen LogP contribution is -2.62. The van der Waals surface area contributed by atoms with Crippen LogP contribution < -0.4 is 5.32 Å². The maximum Gasteiger partial charge on any atom is 0.303 e. The molecule has 0 spiro atoms. The maximum atomic E-state index is 12.3. The molecule has 0 bridgehead atoms. The third kappa shape index (κ3) is 12.3. The number of phenolic OH excluding ortho intramolecular Hbond substituents is 1. The first-order valence-electron chi connectivity index (χ1n) is 19.2. The fraction of sp³-hybridized carbons (Fsp3) is 0.415. The van der Waals surface area contributed by atoms with E-state index in [1.165, 1.54) is 25.6 Å². The van der Waals surface area contributed by atoms with Crippen LogP contribution in [0.1, 0.15) is 69.6 Å². The summed E-state index contributed by atoms with van der Waals surface area (Å²) in [4.78, 5) is 48.8. The number of rotatable bonds is 15. The van der Waals surface area contributed by atoms with Crippen LogP contribution in [0.25, 0.3) is 5.69 Å². The van der Waals surface area contributed by atoms with Crippen LogP contribution >= 0.6 is 24.0 Å². The van der Waals surface area contributed by atoms with E-state index in [1.807, 2.05) is 36.4 Å². The van der Waals surface area contributed by atoms with Gasteiger partial charge in [0.2, 0.25) is 5.16 Å². The Morgan fingerprint density at radius 2 is 1.51 bits per heavy atom. The summed E-state index contributed by atoms with van der Waals surface area (Å²) in [6.45, 7) is 4.22. The van der Waals surface area contributed by atoms with E-state index in [-0.39, 0.29) is 42.6 Å². The lowest BCUT2D eigenvalue weighted by atomic mass is 9.92. The van der Waals surface area contributed by atoms with Gasteiger partial charge in [0.05, 0.1) is 29.5 Å². The van der Waals surface area contributed by atoms with E-state index in [2.05, 4.69) is 20.8 Å². The number of hydrogen-bond acceptors (Lipinski definition) is 18. The predicted octanol–water partition coefficient (Wildman–Crippen LogP) is 4.45. The Bertz CT molecular complexity index is 2170. The Morgan fingerprint density at radius 1 is 0.836 bits per heavy atom. The molecular formula is C41H45N5O13S2. The number of aliphatic hydroxyl groups excluding tert-OH is 1. The number of hydrogen-bond donors (Lipinski definition) is 3. The van der Waals surface area contributed by atoms with E-state index in [0.717, 1.165) is 25.0 Å². The minimum Gasteiger partial charge on any atom is -0.508 e. The van der Waals surface area contributed by atoms with Crippen molar-refractivity contribution in [1.82, 2.24) is 20.2 Å². The summed E-state index contributed by atoms with van der Waals surface area (Å²) in [5.41, 5.74) is 3.57. The molecule has 0 aliphatic carbocycles. The number of nitrogens with zero attached hydrogens (tertiary/aromatic N) is 4. The molecule has 0 radical (unpaired) electrons. The van der Waals surface area contributed by atoms with Crippen molar-refractivity contribution in [1.29, 1.82) is 0 Å². The maximum absolute atomic E-state index is 12.3. The topological polar surface area (TPSA) is 229 Å². The quantitative estimate of drug-likeness (QED) is 0.0648. The molecule has 8 atom stereocenters. The Hall–Kier alpha value is -5.51. The number of benzene rings is 3. The van der Waals surface area contributed by atoms with Crippen LogP contribution in [0.5, 0.6) is 5.75 Å². The standard InChI is InChI=1S/C41H45N5O13S2/c1-22(48)53-20-35-38(55-24(3)50)39(56-25(4)51)37(54-23(2)49)34(58-35)18-36(60)42-29-7-5-6-28(16-29)40-57-32(17-33(59-40)27-10-8-26(19-47)9-11-27)21-61-41-43-44-45-46(41)30-12-14-31(52)15-13-30/h5-16,32-35,37-40,47,52H,17-21H2,1-4H3,(H,42,60). The summed E-state index contributed by atoms with van der Waals surface area (Å²) in [6.07, 6.45) is -7.14. The number of carbonyl (C=O) groups excluding carboxylic acids is 4. The second kappa shape index (κ2) is 20.8. The number of thiocarbonyl (C=S) groups is 1. The third-order valence-electron chi connectivity index (χ3n) is 9.46. The fourth-order valence-electron chi connectivity index (χ4n) is 6.86. The molecule has 0 amide bonds. The van der Waals surface area contributed by atoms with Gasteiger partial charge < -0.3 is 48.7 Å². The van der Waals surface area contributed by atoms with Gasteiger partial charge in [0.15, 0.2) is 24.6 Å². The van der Waals surface area contributed by atoms with Gasteiger partial charge in [-0.25, -0.2) is 0 Å². The number of phenols is 1.